The van der Waals surface area contributed by atoms with Crippen LogP contribution >= 0.6 is 12.4 Å². The molecule has 126 valence electrons. The van der Waals surface area contributed by atoms with Crippen molar-refractivity contribution in [3.8, 4) is 0 Å². The molecule has 1 aromatic rings. The molecular weight excluding hydrogens is 341 g/mol. The van der Waals surface area contributed by atoms with Crippen LogP contribution in [0.2, 0.25) is 0 Å². The molecule has 9 heteroatoms. The third-order valence-electron chi connectivity index (χ3n) is 3.30. The van der Waals surface area contributed by atoms with Crippen LogP contribution in [0, 0.1) is 0 Å². The lowest BCUT2D eigenvalue weighted by molar-refractivity contribution is -0.137. The third kappa shape index (κ3) is 5.12. The largest absolute Gasteiger partial charge is 0.416 e. The van der Waals surface area contributed by atoms with Crippen LogP contribution < -0.4 is 5.32 Å². The van der Waals surface area contributed by atoms with Gasteiger partial charge in [-0.2, -0.15) is 13.2 Å². The molecule has 1 saturated heterocycles. The molecular formula is C13H18ClF3N2O2S. The zero-order chi connectivity index (χ0) is 15.5. The van der Waals surface area contributed by atoms with Gasteiger partial charge in [0.2, 0.25) is 10.0 Å². The first-order valence-corrected chi connectivity index (χ1v) is 8.25. The minimum atomic E-state index is -4.47. The summed E-state index contributed by atoms with van der Waals surface area (Å²) in [4.78, 5) is 0. The third-order valence-corrected chi connectivity index (χ3v) is 5.15. The monoisotopic (exact) mass is 358 g/mol. The Kier molecular flexibility index (Phi) is 6.66. The molecule has 1 aliphatic rings. The second-order valence-electron chi connectivity index (χ2n) is 4.96. The molecule has 1 aliphatic heterocycles. The second kappa shape index (κ2) is 7.63. The highest BCUT2D eigenvalue weighted by atomic mass is 35.5. The van der Waals surface area contributed by atoms with Crippen molar-refractivity contribution in [2.24, 2.45) is 0 Å². The fourth-order valence-corrected chi connectivity index (χ4v) is 3.80. The molecule has 4 nitrogen and oxygen atoms in total. The van der Waals surface area contributed by atoms with Gasteiger partial charge in [0.25, 0.3) is 0 Å². The van der Waals surface area contributed by atoms with Crippen molar-refractivity contribution >= 4 is 22.4 Å². The summed E-state index contributed by atoms with van der Waals surface area (Å²) in [6.45, 7) is 2.05. The average molecular weight is 359 g/mol. The molecule has 1 N–H and O–H groups in total. The molecule has 0 bridgehead atoms. The highest BCUT2D eigenvalue weighted by molar-refractivity contribution is 7.88. The van der Waals surface area contributed by atoms with Crippen LogP contribution in [0.4, 0.5) is 13.2 Å². The molecule has 0 saturated carbocycles. The zero-order valence-corrected chi connectivity index (χ0v) is 13.4. The van der Waals surface area contributed by atoms with Gasteiger partial charge in [-0.3, -0.25) is 0 Å². The molecule has 0 atom stereocenters. The van der Waals surface area contributed by atoms with Gasteiger partial charge in [-0.1, -0.05) is 18.2 Å². The Hall–Kier alpha value is -0.830. The summed E-state index contributed by atoms with van der Waals surface area (Å²) in [5.74, 6) is -0.406. The van der Waals surface area contributed by atoms with Crippen LogP contribution in [0.5, 0.6) is 0 Å². The van der Waals surface area contributed by atoms with E-state index in [9.17, 15) is 21.6 Å². The van der Waals surface area contributed by atoms with E-state index < -0.39 is 27.5 Å². The molecule has 22 heavy (non-hydrogen) atoms. The standard InChI is InChI=1S/C13H17F3N2O2S.ClH/c14-13(15,16)12-4-1-3-11(9-12)10-21(19,20)18-7-2-5-17-6-8-18;/h1,3-4,9,17H,2,5-8,10H2;1H. The maximum absolute atomic E-state index is 12.6. The maximum Gasteiger partial charge on any atom is 0.416 e. The van der Waals surface area contributed by atoms with Crippen LogP contribution in [0.15, 0.2) is 24.3 Å². The number of halogens is 4. The van der Waals surface area contributed by atoms with Crippen LogP contribution in [0.25, 0.3) is 0 Å². The number of sulfonamides is 1. The van der Waals surface area contributed by atoms with Crippen LogP contribution in [0.3, 0.4) is 0 Å². The van der Waals surface area contributed by atoms with Gasteiger partial charge in [0.1, 0.15) is 0 Å². The van der Waals surface area contributed by atoms with E-state index in [1.165, 1.54) is 16.4 Å². The topological polar surface area (TPSA) is 49.4 Å². The number of hydrogen-bond donors (Lipinski definition) is 1. The molecule has 2 rings (SSSR count). The number of benzene rings is 1. The van der Waals surface area contributed by atoms with E-state index in [1.807, 2.05) is 0 Å². The average Bonchev–Trinajstić information content (AvgIpc) is 2.67. The molecule has 1 heterocycles. The van der Waals surface area contributed by atoms with Crippen molar-refractivity contribution in [3.05, 3.63) is 35.4 Å². The van der Waals surface area contributed by atoms with Crippen LogP contribution in [-0.2, 0) is 22.0 Å². The minimum absolute atomic E-state index is 0. The van der Waals surface area contributed by atoms with Gasteiger partial charge in [0, 0.05) is 19.6 Å². The van der Waals surface area contributed by atoms with E-state index >= 15 is 0 Å². The quantitative estimate of drug-likeness (QED) is 0.901. The molecule has 1 aromatic carbocycles. The van der Waals surface area contributed by atoms with Crippen molar-refractivity contribution in [1.29, 1.82) is 0 Å². The van der Waals surface area contributed by atoms with Crippen LogP contribution in [-0.4, -0.2) is 38.9 Å². The Labute approximate surface area is 134 Å². The summed E-state index contributed by atoms with van der Waals surface area (Å²) in [6.07, 6.45) is -3.77. The summed E-state index contributed by atoms with van der Waals surface area (Å²) in [5.41, 5.74) is -0.672. The molecule has 0 radical (unpaired) electrons. The SMILES string of the molecule is Cl.O=S(=O)(Cc1cccc(C(F)(F)F)c1)N1CCCNCC1. The predicted octanol–water partition coefficient (Wildman–Crippen LogP) is 2.25. The number of hydrogen-bond acceptors (Lipinski definition) is 3. The lowest BCUT2D eigenvalue weighted by atomic mass is 10.1. The fraction of sp³-hybridized carbons (Fsp3) is 0.538. The van der Waals surface area contributed by atoms with Gasteiger partial charge in [-0.15, -0.1) is 12.4 Å². The summed E-state index contributed by atoms with van der Waals surface area (Å²) in [5, 5.41) is 3.09. The highest BCUT2D eigenvalue weighted by Crippen LogP contribution is 2.30. The van der Waals surface area contributed by atoms with Gasteiger partial charge >= 0.3 is 6.18 Å². The van der Waals surface area contributed by atoms with E-state index in [0.29, 0.717) is 26.1 Å². The normalized spacial score (nSPS) is 17.6. The molecule has 0 amide bonds. The number of alkyl halides is 3. The molecule has 0 unspecified atom stereocenters. The second-order valence-corrected chi connectivity index (χ2v) is 6.93. The van der Waals surface area contributed by atoms with Gasteiger partial charge in [0.15, 0.2) is 0 Å². The van der Waals surface area contributed by atoms with Crippen molar-refractivity contribution in [1.82, 2.24) is 9.62 Å². The molecule has 0 aromatic heterocycles. The summed E-state index contributed by atoms with van der Waals surface area (Å²) < 4.78 is 63.8. The van der Waals surface area contributed by atoms with Crippen molar-refractivity contribution in [2.75, 3.05) is 26.2 Å². The van der Waals surface area contributed by atoms with E-state index in [4.69, 9.17) is 0 Å². The minimum Gasteiger partial charge on any atom is -0.315 e. The summed E-state index contributed by atoms with van der Waals surface area (Å²) in [7, 11) is -3.60. The summed E-state index contributed by atoms with van der Waals surface area (Å²) >= 11 is 0. The molecule has 1 fully saturated rings. The number of nitrogens with zero attached hydrogens (tertiary/aromatic N) is 1. The van der Waals surface area contributed by atoms with Gasteiger partial charge in [0.05, 0.1) is 11.3 Å². The zero-order valence-electron chi connectivity index (χ0n) is 11.8. The Balaban J connectivity index is 0.00000242. The Morgan fingerprint density at radius 3 is 2.59 bits per heavy atom. The lowest BCUT2D eigenvalue weighted by Gasteiger charge is -2.19. The van der Waals surface area contributed by atoms with Crippen molar-refractivity contribution in [3.63, 3.8) is 0 Å². The molecule has 0 aliphatic carbocycles. The molecule has 0 spiro atoms. The predicted molar refractivity (Wildman–Crippen MR) is 80.4 cm³/mol. The maximum atomic E-state index is 12.6. The summed E-state index contributed by atoms with van der Waals surface area (Å²) in [6, 6.07) is 4.47. The highest BCUT2D eigenvalue weighted by Gasteiger charge is 2.31. The first-order chi connectivity index (χ1) is 9.79. The lowest BCUT2D eigenvalue weighted by Crippen LogP contribution is -2.35. The van der Waals surface area contributed by atoms with Gasteiger partial charge in [-0.25, -0.2) is 12.7 Å². The Morgan fingerprint density at radius 1 is 1.18 bits per heavy atom. The Bertz CT molecular complexity index is 585. The van der Waals surface area contributed by atoms with Crippen LogP contribution in [0.1, 0.15) is 17.5 Å². The van der Waals surface area contributed by atoms with E-state index in [-0.39, 0.29) is 18.0 Å². The van der Waals surface area contributed by atoms with Gasteiger partial charge in [-0.05, 0) is 24.6 Å². The van der Waals surface area contributed by atoms with E-state index in [1.54, 1.807) is 0 Å². The van der Waals surface area contributed by atoms with E-state index in [2.05, 4.69) is 5.32 Å². The smallest absolute Gasteiger partial charge is 0.315 e. The van der Waals surface area contributed by atoms with Crippen molar-refractivity contribution in [2.45, 2.75) is 18.3 Å². The first-order valence-electron chi connectivity index (χ1n) is 6.64. The number of nitrogens with one attached hydrogen (secondary N) is 1. The first kappa shape index (κ1) is 19.2. The van der Waals surface area contributed by atoms with Gasteiger partial charge < -0.3 is 5.32 Å². The number of rotatable bonds is 3. The van der Waals surface area contributed by atoms with Crippen molar-refractivity contribution < 1.29 is 21.6 Å². The van der Waals surface area contributed by atoms with E-state index in [0.717, 1.165) is 18.7 Å². The Morgan fingerprint density at radius 2 is 1.91 bits per heavy atom. The fourth-order valence-electron chi connectivity index (χ4n) is 2.24.